The number of ether oxygens (including phenoxy) is 2. The Morgan fingerprint density at radius 2 is 0.844 bits per heavy atom. The Bertz CT molecular complexity index is 1850. The molecular formula is C41H34O4. The van der Waals surface area contributed by atoms with Gasteiger partial charge in [-0.15, -0.1) is 0 Å². The molecule has 0 atom stereocenters. The van der Waals surface area contributed by atoms with Crippen molar-refractivity contribution in [3.8, 4) is 44.9 Å². The molecule has 6 aromatic rings. The van der Waals surface area contributed by atoms with E-state index in [9.17, 15) is 10.2 Å². The summed E-state index contributed by atoms with van der Waals surface area (Å²) in [5.41, 5.74) is 10.5. The summed E-state index contributed by atoms with van der Waals surface area (Å²) in [5.74, 6) is 0.412. The van der Waals surface area contributed by atoms with Crippen molar-refractivity contribution in [1.82, 2.24) is 0 Å². The third-order valence-electron chi connectivity index (χ3n) is 8.97. The Labute approximate surface area is 263 Å². The largest absolute Gasteiger partial charge is 0.507 e. The van der Waals surface area contributed by atoms with Crippen LogP contribution in [-0.4, -0.2) is 24.4 Å². The van der Waals surface area contributed by atoms with Crippen molar-refractivity contribution in [3.05, 3.63) is 167 Å². The molecule has 0 unspecified atom stereocenters. The van der Waals surface area contributed by atoms with Crippen LogP contribution in [0.1, 0.15) is 33.4 Å². The molecule has 222 valence electrons. The fourth-order valence-electron chi connectivity index (χ4n) is 7.05. The second-order valence-corrected chi connectivity index (χ2v) is 11.5. The number of hydrogen-bond donors (Lipinski definition) is 2. The van der Waals surface area contributed by atoms with Crippen molar-refractivity contribution in [3.63, 3.8) is 0 Å². The molecule has 45 heavy (non-hydrogen) atoms. The summed E-state index contributed by atoms with van der Waals surface area (Å²) in [6, 6.07) is 45.4. The molecule has 0 heterocycles. The van der Waals surface area contributed by atoms with E-state index in [-0.39, 0.29) is 24.7 Å². The van der Waals surface area contributed by atoms with Gasteiger partial charge in [-0.2, -0.15) is 0 Å². The highest BCUT2D eigenvalue weighted by Gasteiger charge is 2.47. The molecule has 1 aliphatic rings. The van der Waals surface area contributed by atoms with Gasteiger partial charge in [-0.1, -0.05) is 109 Å². The molecule has 6 aromatic carbocycles. The predicted octanol–water partition coefficient (Wildman–Crippen LogP) is 9.09. The maximum Gasteiger partial charge on any atom is 0.128 e. The van der Waals surface area contributed by atoms with Crippen LogP contribution in [0.2, 0.25) is 0 Å². The minimum absolute atomic E-state index is 0.206. The smallest absolute Gasteiger partial charge is 0.128 e. The van der Waals surface area contributed by atoms with Gasteiger partial charge >= 0.3 is 0 Å². The fourth-order valence-corrected chi connectivity index (χ4v) is 7.05. The first-order valence-electron chi connectivity index (χ1n) is 15.1. The van der Waals surface area contributed by atoms with Crippen LogP contribution in [0.5, 0.6) is 11.5 Å². The summed E-state index contributed by atoms with van der Waals surface area (Å²) in [7, 11) is 3.29. The molecule has 7 rings (SSSR count). The van der Waals surface area contributed by atoms with E-state index >= 15 is 0 Å². The van der Waals surface area contributed by atoms with Gasteiger partial charge in [0.15, 0.2) is 0 Å². The summed E-state index contributed by atoms with van der Waals surface area (Å²) in [6.07, 6.45) is 0. The van der Waals surface area contributed by atoms with Gasteiger partial charge in [0.25, 0.3) is 0 Å². The van der Waals surface area contributed by atoms with E-state index in [0.717, 1.165) is 55.6 Å². The van der Waals surface area contributed by atoms with Crippen molar-refractivity contribution < 1.29 is 19.7 Å². The summed E-state index contributed by atoms with van der Waals surface area (Å²) >= 11 is 0. The zero-order valence-electron chi connectivity index (χ0n) is 25.3. The first-order chi connectivity index (χ1) is 22.1. The van der Waals surface area contributed by atoms with Gasteiger partial charge in [0.2, 0.25) is 0 Å². The second kappa shape index (κ2) is 11.7. The quantitative estimate of drug-likeness (QED) is 0.185. The SMILES string of the molecule is COCc1cc(C2(c3cc(COC)c(O)c(-c4ccccc4)c3)c3ccccc3-c3ccccc32)cc(-c2ccccc2)c1O. The third-order valence-corrected chi connectivity index (χ3v) is 8.97. The minimum atomic E-state index is -0.785. The molecule has 2 N–H and O–H groups in total. The number of hydrogen-bond acceptors (Lipinski definition) is 4. The van der Waals surface area contributed by atoms with Gasteiger partial charge in [-0.25, -0.2) is 0 Å². The first-order valence-corrected chi connectivity index (χ1v) is 15.1. The van der Waals surface area contributed by atoms with E-state index in [0.29, 0.717) is 11.1 Å². The molecule has 0 amide bonds. The highest BCUT2D eigenvalue weighted by atomic mass is 16.5. The summed E-state index contributed by atoms with van der Waals surface area (Å²) in [5, 5.41) is 23.2. The Hall–Kier alpha value is -5.16. The number of rotatable bonds is 8. The van der Waals surface area contributed by atoms with Gasteiger partial charge in [-0.05, 0) is 68.8 Å². The minimum Gasteiger partial charge on any atom is -0.507 e. The fraction of sp³-hybridized carbons (Fsp3) is 0.122. The van der Waals surface area contributed by atoms with Crippen molar-refractivity contribution in [2.75, 3.05) is 14.2 Å². The molecular weight excluding hydrogens is 556 g/mol. The lowest BCUT2D eigenvalue weighted by atomic mass is 9.66. The molecule has 0 fully saturated rings. The maximum absolute atomic E-state index is 11.6. The van der Waals surface area contributed by atoms with Gasteiger partial charge in [-0.3, -0.25) is 0 Å². The lowest BCUT2D eigenvalue weighted by Gasteiger charge is -2.35. The average Bonchev–Trinajstić information content (AvgIpc) is 3.39. The monoisotopic (exact) mass is 590 g/mol. The standard InChI is InChI=1S/C41H34O4/c1-44-25-29-21-31(23-35(39(29)42)27-13-5-3-6-14-27)41(37-19-11-9-17-33(37)34-18-10-12-20-38(34)41)32-22-30(26-45-2)40(43)36(24-32)28-15-7-4-8-16-28/h3-24,42-43H,25-26H2,1-2H3. The lowest BCUT2D eigenvalue weighted by molar-refractivity contribution is 0.182. The highest BCUT2D eigenvalue weighted by Crippen LogP contribution is 2.58. The Balaban J connectivity index is 1.65. The number of aromatic hydroxyl groups is 2. The van der Waals surface area contributed by atoms with E-state index in [1.54, 1.807) is 14.2 Å². The van der Waals surface area contributed by atoms with Crippen LogP contribution in [0.15, 0.2) is 133 Å². The van der Waals surface area contributed by atoms with Crippen LogP contribution in [0, 0.1) is 0 Å². The van der Waals surface area contributed by atoms with Crippen molar-refractivity contribution in [2.24, 2.45) is 0 Å². The average molecular weight is 591 g/mol. The molecule has 0 saturated carbocycles. The van der Waals surface area contributed by atoms with E-state index in [4.69, 9.17) is 9.47 Å². The van der Waals surface area contributed by atoms with Gasteiger partial charge in [0.1, 0.15) is 11.5 Å². The summed E-state index contributed by atoms with van der Waals surface area (Å²) < 4.78 is 11.3. The van der Waals surface area contributed by atoms with Crippen LogP contribution in [0.3, 0.4) is 0 Å². The van der Waals surface area contributed by atoms with Gasteiger partial charge in [0.05, 0.1) is 18.6 Å². The maximum atomic E-state index is 11.6. The van der Waals surface area contributed by atoms with Crippen LogP contribution < -0.4 is 0 Å². The first kappa shape index (κ1) is 28.6. The van der Waals surface area contributed by atoms with Crippen molar-refractivity contribution >= 4 is 0 Å². The number of methoxy groups -OCH3 is 2. The van der Waals surface area contributed by atoms with Gasteiger partial charge < -0.3 is 19.7 Å². The molecule has 0 saturated heterocycles. The molecule has 0 radical (unpaired) electrons. The highest BCUT2D eigenvalue weighted by molar-refractivity contribution is 5.88. The Morgan fingerprint density at radius 1 is 0.467 bits per heavy atom. The zero-order chi connectivity index (χ0) is 31.0. The molecule has 4 heteroatoms. The Kier molecular flexibility index (Phi) is 7.46. The topological polar surface area (TPSA) is 58.9 Å². The van der Waals surface area contributed by atoms with E-state index < -0.39 is 5.41 Å². The zero-order valence-corrected chi connectivity index (χ0v) is 25.3. The molecule has 0 aliphatic heterocycles. The predicted molar refractivity (Wildman–Crippen MR) is 179 cm³/mol. The van der Waals surface area contributed by atoms with E-state index in [1.165, 1.54) is 0 Å². The number of phenolic OH excluding ortho intramolecular Hbond substituents is 2. The lowest BCUT2D eigenvalue weighted by Crippen LogP contribution is -2.29. The van der Waals surface area contributed by atoms with Crippen LogP contribution in [0.4, 0.5) is 0 Å². The second-order valence-electron chi connectivity index (χ2n) is 11.5. The molecule has 0 spiro atoms. The Morgan fingerprint density at radius 3 is 1.24 bits per heavy atom. The third kappa shape index (κ3) is 4.62. The van der Waals surface area contributed by atoms with Crippen molar-refractivity contribution in [1.29, 1.82) is 0 Å². The van der Waals surface area contributed by atoms with Crippen molar-refractivity contribution in [2.45, 2.75) is 18.6 Å². The van der Waals surface area contributed by atoms with E-state index in [2.05, 4.69) is 72.8 Å². The normalized spacial score (nSPS) is 12.9. The van der Waals surface area contributed by atoms with Crippen LogP contribution in [-0.2, 0) is 28.1 Å². The summed E-state index contributed by atoms with van der Waals surface area (Å²) in [6.45, 7) is 0.497. The van der Waals surface area contributed by atoms with E-state index in [1.807, 2.05) is 60.7 Å². The number of benzene rings is 6. The molecule has 4 nitrogen and oxygen atoms in total. The molecule has 0 aromatic heterocycles. The van der Waals surface area contributed by atoms with Crippen LogP contribution >= 0.6 is 0 Å². The molecule has 1 aliphatic carbocycles. The molecule has 0 bridgehead atoms. The number of phenols is 2. The van der Waals surface area contributed by atoms with Gasteiger partial charge in [0, 0.05) is 36.5 Å². The summed E-state index contributed by atoms with van der Waals surface area (Å²) in [4.78, 5) is 0. The van der Waals surface area contributed by atoms with Crippen LogP contribution in [0.25, 0.3) is 33.4 Å². The number of fused-ring (bicyclic) bond motifs is 3.